The minimum absolute atomic E-state index is 0. The summed E-state index contributed by atoms with van der Waals surface area (Å²) in [7, 11) is -4.27. The van der Waals surface area contributed by atoms with Gasteiger partial charge in [0.25, 0.3) is 0 Å². The van der Waals surface area contributed by atoms with E-state index < -0.39 is 54.9 Å². The molecule has 0 radical (unpaired) electrons. The molecule has 0 aliphatic carbocycles. The zero-order valence-corrected chi connectivity index (χ0v) is 18.2. The molecule has 2 heterocycles. The molecule has 1 aromatic heterocycles. The fourth-order valence-electron chi connectivity index (χ4n) is 3.65. The second kappa shape index (κ2) is 9.16. The van der Waals surface area contributed by atoms with Crippen LogP contribution < -0.4 is 4.90 Å². The van der Waals surface area contributed by atoms with Crippen LogP contribution in [0.5, 0.6) is 0 Å². The average molecular weight is 511 g/mol. The van der Waals surface area contributed by atoms with Gasteiger partial charge < -0.3 is 0 Å². The Morgan fingerprint density at radius 1 is 0.971 bits per heavy atom. The normalized spacial score (nSPS) is 17.9. The third-order valence-corrected chi connectivity index (χ3v) is 8.38. The lowest BCUT2D eigenvalue weighted by atomic mass is 9.85. The molecule has 0 saturated carbocycles. The SMILES string of the molecule is C.CC(C)([C@H]1CCN(c2ccc(C(F)(F)F)nn2)C(=O)C1)S(=O)(=O)c1cccc(C(F)(F)F)c1. The predicted octanol–water partition coefficient (Wildman–Crippen LogP) is 5.15. The molecule has 1 saturated heterocycles. The minimum atomic E-state index is -4.72. The fourth-order valence-corrected chi connectivity index (χ4v) is 5.44. The quantitative estimate of drug-likeness (QED) is 0.531. The predicted molar refractivity (Wildman–Crippen MR) is 112 cm³/mol. The summed E-state index contributed by atoms with van der Waals surface area (Å²) in [5.74, 6) is -1.43. The number of alkyl halides is 6. The second-order valence-corrected chi connectivity index (χ2v) is 10.7. The van der Waals surface area contributed by atoms with Crippen molar-refractivity contribution in [1.82, 2.24) is 10.2 Å². The van der Waals surface area contributed by atoms with Crippen molar-refractivity contribution in [3.8, 4) is 0 Å². The Balaban J connectivity index is 0.00000408. The number of halogens is 6. The molecule has 34 heavy (non-hydrogen) atoms. The first kappa shape index (κ1) is 27.5. The van der Waals surface area contributed by atoms with Crippen molar-refractivity contribution in [2.45, 2.75) is 56.1 Å². The number of benzene rings is 1. The van der Waals surface area contributed by atoms with Crippen LogP contribution in [0.15, 0.2) is 41.3 Å². The van der Waals surface area contributed by atoms with Crippen LogP contribution in [0.4, 0.5) is 32.2 Å². The zero-order valence-electron chi connectivity index (χ0n) is 17.4. The highest BCUT2D eigenvalue weighted by atomic mass is 32.2. The third-order valence-electron chi connectivity index (χ3n) is 5.79. The van der Waals surface area contributed by atoms with E-state index in [1.165, 1.54) is 13.8 Å². The molecule has 13 heteroatoms. The summed E-state index contributed by atoms with van der Waals surface area (Å²) >= 11 is 0. The van der Waals surface area contributed by atoms with Gasteiger partial charge in [0.1, 0.15) is 0 Å². The summed E-state index contributed by atoms with van der Waals surface area (Å²) in [5, 5.41) is 6.52. The maximum atomic E-state index is 13.2. The topological polar surface area (TPSA) is 80.2 Å². The number of hydrogen-bond donors (Lipinski definition) is 0. The number of anilines is 1. The van der Waals surface area contributed by atoms with Gasteiger partial charge in [-0.25, -0.2) is 8.42 Å². The van der Waals surface area contributed by atoms with Crippen LogP contribution in [0.2, 0.25) is 0 Å². The number of nitrogens with zero attached hydrogens (tertiary/aromatic N) is 3. The van der Waals surface area contributed by atoms with Crippen molar-refractivity contribution in [3.63, 3.8) is 0 Å². The van der Waals surface area contributed by atoms with Gasteiger partial charge >= 0.3 is 12.4 Å². The molecule has 188 valence electrons. The van der Waals surface area contributed by atoms with Crippen LogP contribution in [-0.4, -0.2) is 35.8 Å². The van der Waals surface area contributed by atoms with Gasteiger partial charge in [0.15, 0.2) is 21.3 Å². The summed E-state index contributed by atoms with van der Waals surface area (Å²) in [6.45, 7) is 2.65. The first-order chi connectivity index (χ1) is 15.0. The molecule has 6 nitrogen and oxygen atoms in total. The number of carbonyl (C=O) groups excluding carboxylic acids is 1. The lowest BCUT2D eigenvalue weighted by Gasteiger charge is -2.39. The number of rotatable bonds is 4. The number of carbonyl (C=O) groups is 1. The fraction of sp³-hybridized carbons (Fsp3) is 0.476. The van der Waals surface area contributed by atoms with Gasteiger partial charge in [-0.05, 0) is 56.5 Å². The molecule has 0 spiro atoms. The number of sulfone groups is 1. The highest BCUT2D eigenvalue weighted by molar-refractivity contribution is 7.92. The monoisotopic (exact) mass is 511 g/mol. The Morgan fingerprint density at radius 3 is 2.12 bits per heavy atom. The largest absolute Gasteiger partial charge is 0.435 e. The average Bonchev–Trinajstić information content (AvgIpc) is 2.72. The Labute approximate surface area is 192 Å². The Morgan fingerprint density at radius 2 is 1.62 bits per heavy atom. The Bertz CT molecular complexity index is 1150. The van der Waals surface area contributed by atoms with Gasteiger partial charge in [-0.3, -0.25) is 9.69 Å². The molecule has 0 bridgehead atoms. The van der Waals surface area contributed by atoms with Crippen LogP contribution in [0.3, 0.4) is 0 Å². The second-order valence-electron chi connectivity index (χ2n) is 8.14. The van der Waals surface area contributed by atoms with Crippen molar-refractivity contribution < 1.29 is 39.6 Å². The van der Waals surface area contributed by atoms with Gasteiger partial charge in [0, 0.05) is 13.0 Å². The maximum absolute atomic E-state index is 13.2. The minimum Gasteiger partial charge on any atom is -0.295 e. The molecule has 0 unspecified atom stereocenters. The molecule has 2 aromatic rings. The van der Waals surface area contributed by atoms with Crippen molar-refractivity contribution >= 4 is 21.6 Å². The van der Waals surface area contributed by atoms with Crippen LogP contribution in [0, 0.1) is 5.92 Å². The lowest BCUT2D eigenvalue weighted by molar-refractivity contribution is -0.141. The number of aromatic nitrogens is 2. The summed E-state index contributed by atoms with van der Waals surface area (Å²) in [4.78, 5) is 13.3. The van der Waals surface area contributed by atoms with Gasteiger partial charge in [-0.15, -0.1) is 10.2 Å². The number of amides is 1. The van der Waals surface area contributed by atoms with Crippen molar-refractivity contribution in [1.29, 1.82) is 0 Å². The first-order valence-electron chi connectivity index (χ1n) is 9.68. The van der Waals surface area contributed by atoms with Gasteiger partial charge in [0.05, 0.1) is 15.2 Å². The van der Waals surface area contributed by atoms with Crippen LogP contribution in [0.25, 0.3) is 0 Å². The first-order valence-corrected chi connectivity index (χ1v) is 11.2. The highest BCUT2D eigenvalue weighted by Crippen LogP contribution is 2.40. The van der Waals surface area contributed by atoms with Crippen molar-refractivity contribution in [3.05, 3.63) is 47.7 Å². The molecular weight excluding hydrogens is 488 g/mol. The maximum Gasteiger partial charge on any atom is 0.435 e. The van der Waals surface area contributed by atoms with E-state index >= 15 is 0 Å². The van der Waals surface area contributed by atoms with E-state index in [0.29, 0.717) is 12.1 Å². The van der Waals surface area contributed by atoms with E-state index in [2.05, 4.69) is 10.2 Å². The molecule has 1 aliphatic rings. The lowest BCUT2D eigenvalue weighted by Crippen LogP contribution is -2.49. The Hall–Kier alpha value is -2.70. The van der Waals surface area contributed by atoms with E-state index in [9.17, 15) is 39.6 Å². The summed E-state index contributed by atoms with van der Waals surface area (Å²) in [6, 6.07) is 5.08. The van der Waals surface area contributed by atoms with E-state index in [1.54, 1.807) is 0 Å². The van der Waals surface area contributed by atoms with Crippen molar-refractivity contribution in [2.75, 3.05) is 11.4 Å². The van der Waals surface area contributed by atoms with Crippen LogP contribution in [-0.2, 0) is 27.0 Å². The number of hydrogen-bond acceptors (Lipinski definition) is 5. The molecule has 1 amide bonds. The zero-order chi connectivity index (χ0) is 24.8. The highest BCUT2D eigenvalue weighted by Gasteiger charge is 2.46. The third kappa shape index (κ3) is 5.18. The van der Waals surface area contributed by atoms with Gasteiger partial charge in [0.2, 0.25) is 5.91 Å². The smallest absolute Gasteiger partial charge is 0.295 e. The summed E-state index contributed by atoms with van der Waals surface area (Å²) < 4.78 is 102. The molecule has 1 aromatic carbocycles. The molecule has 1 fully saturated rings. The summed E-state index contributed by atoms with van der Waals surface area (Å²) in [6.07, 6.45) is -9.56. The molecular formula is C21H23F6N3O3S. The van der Waals surface area contributed by atoms with Gasteiger partial charge in [-0.2, -0.15) is 26.3 Å². The molecule has 3 rings (SSSR count). The van der Waals surface area contributed by atoms with Crippen LogP contribution >= 0.6 is 0 Å². The molecule has 0 N–H and O–H groups in total. The van der Waals surface area contributed by atoms with Crippen molar-refractivity contribution in [2.24, 2.45) is 5.92 Å². The standard InChI is InChI=1S/C20H19F6N3O3S.CH4/c1-18(2,33(31,32)14-5-3-4-13(10-14)19(21,22)23)12-8-9-29(17(30)11-12)16-7-6-15(27-28-16)20(24,25)26;/h3-7,10,12H,8-9,11H2,1-2H3;1H4/t12-;/m0./s1. The molecule has 1 atom stereocenters. The van der Waals surface area contributed by atoms with E-state index in [1.807, 2.05) is 0 Å². The van der Waals surface area contributed by atoms with E-state index in [0.717, 1.165) is 29.2 Å². The Kier molecular flexibility index (Phi) is 7.42. The number of piperidine rings is 1. The summed E-state index contributed by atoms with van der Waals surface area (Å²) in [5.41, 5.74) is -2.33. The molecule has 1 aliphatic heterocycles. The van der Waals surface area contributed by atoms with Gasteiger partial charge in [-0.1, -0.05) is 13.5 Å². The van der Waals surface area contributed by atoms with E-state index in [-0.39, 0.29) is 32.6 Å². The van der Waals surface area contributed by atoms with E-state index in [4.69, 9.17) is 0 Å². The van der Waals surface area contributed by atoms with Crippen LogP contribution in [0.1, 0.15) is 45.4 Å².